The molecule has 0 fully saturated rings. The Kier molecular flexibility index (Phi) is 7.42. The molecule has 0 aromatic rings. The molecule has 2 N–H and O–H groups in total. The van der Waals surface area contributed by atoms with E-state index in [-0.39, 0.29) is 12.0 Å². The standard InChI is InChI=1S/C10H22N2O2/c1-9(13)5-4-7-11-8-6-10(14)12(2)3/h9,11,13H,4-8H2,1-3H3. The summed E-state index contributed by atoms with van der Waals surface area (Å²) in [5, 5.41) is 12.1. The molecule has 14 heavy (non-hydrogen) atoms. The smallest absolute Gasteiger partial charge is 0.223 e. The van der Waals surface area contributed by atoms with Crippen LogP contribution in [0, 0.1) is 0 Å². The summed E-state index contributed by atoms with van der Waals surface area (Å²) in [5.74, 6) is 0.146. The fourth-order valence-electron chi connectivity index (χ4n) is 1.07. The van der Waals surface area contributed by atoms with Crippen LogP contribution < -0.4 is 5.32 Å². The van der Waals surface area contributed by atoms with Crippen molar-refractivity contribution in [1.82, 2.24) is 10.2 Å². The van der Waals surface area contributed by atoms with Gasteiger partial charge in [0.05, 0.1) is 6.10 Å². The Morgan fingerprint density at radius 1 is 1.43 bits per heavy atom. The van der Waals surface area contributed by atoms with Crippen LogP contribution in [0.25, 0.3) is 0 Å². The van der Waals surface area contributed by atoms with E-state index in [0.717, 1.165) is 25.9 Å². The molecule has 4 nitrogen and oxygen atoms in total. The first kappa shape index (κ1) is 13.4. The molecule has 0 aromatic carbocycles. The van der Waals surface area contributed by atoms with Crippen LogP contribution in [0.4, 0.5) is 0 Å². The second kappa shape index (κ2) is 7.76. The first-order chi connectivity index (χ1) is 6.54. The number of aliphatic hydroxyl groups excluding tert-OH is 1. The number of hydrogen-bond acceptors (Lipinski definition) is 3. The van der Waals surface area contributed by atoms with Crippen LogP contribution in [0.1, 0.15) is 26.2 Å². The van der Waals surface area contributed by atoms with Gasteiger partial charge in [0.25, 0.3) is 0 Å². The molecule has 1 atom stereocenters. The molecule has 0 radical (unpaired) electrons. The number of hydrogen-bond donors (Lipinski definition) is 2. The highest BCUT2D eigenvalue weighted by molar-refractivity contribution is 5.75. The molecule has 0 heterocycles. The van der Waals surface area contributed by atoms with E-state index in [9.17, 15) is 4.79 Å². The topological polar surface area (TPSA) is 52.6 Å². The van der Waals surface area contributed by atoms with Crippen LogP contribution in [-0.2, 0) is 4.79 Å². The predicted molar refractivity (Wildman–Crippen MR) is 57.1 cm³/mol. The van der Waals surface area contributed by atoms with Gasteiger partial charge in [0.1, 0.15) is 0 Å². The molecule has 1 amide bonds. The second-order valence-corrected chi connectivity index (χ2v) is 3.78. The van der Waals surface area contributed by atoms with Gasteiger partial charge in [0.2, 0.25) is 5.91 Å². The van der Waals surface area contributed by atoms with Crippen LogP contribution in [0.3, 0.4) is 0 Å². The molecule has 0 aliphatic carbocycles. The molecule has 4 heteroatoms. The average molecular weight is 202 g/mol. The van der Waals surface area contributed by atoms with E-state index in [1.54, 1.807) is 25.9 Å². The first-order valence-electron chi connectivity index (χ1n) is 5.13. The zero-order valence-electron chi connectivity index (χ0n) is 9.42. The summed E-state index contributed by atoms with van der Waals surface area (Å²) < 4.78 is 0. The number of carbonyl (C=O) groups excluding carboxylic acids is 1. The fraction of sp³-hybridized carbons (Fsp3) is 0.900. The molecular formula is C10H22N2O2. The van der Waals surface area contributed by atoms with E-state index < -0.39 is 0 Å². The quantitative estimate of drug-likeness (QED) is 0.580. The lowest BCUT2D eigenvalue weighted by molar-refractivity contribution is -0.128. The highest BCUT2D eigenvalue weighted by Crippen LogP contribution is 1.93. The maximum Gasteiger partial charge on any atom is 0.223 e. The minimum atomic E-state index is -0.222. The minimum absolute atomic E-state index is 0.146. The van der Waals surface area contributed by atoms with E-state index >= 15 is 0 Å². The van der Waals surface area contributed by atoms with E-state index in [2.05, 4.69) is 5.32 Å². The van der Waals surface area contributed by atoms with Crippen LogP contribution in [0.2, 0.25) is 0 Å². The summed E-state index contributed by atoms with van der Waals surface area (Å²) in [7, 11) is 3.52. The maximum absolute atomic E-state index is 11.1. The van der Waals surface area contributed by atoms with E-state index in [4.69, 9.17) is 5.11 Å². The van der Waals surface area contributed by atoms with Crippen molar-refractivity contribution >= 4 is 5.91 Å². The normalized spacial score (nSPS) is 12.6. The van der Waals surface area contributed by atoms with Crippen molar-refractivity contribution in [3.8, 4) is 0 Å². The van der Waals surface area contributed by atoms with Gasteiger partial charge < -0.3 is 15.3 Å². The van der Waals surface area contributed by atoms with Gasteiger partial charge in [-0.25, -0.2) is 0 Å². The minimum Gasteiger partial charge on any atom is -0.393 e. The average Bonchev–Trinajstić information content (AvgIpc) is 2.09. The van der Waals surface area contributed by atoms with E-state index in [1.165, 1.54) is 0 Å². The summed E-state index contributed by atoms with van der Waals surface area (Å²) >= 11 is 0. The molecule has 0 rings (SSSR count). The van der Waals surface area contributed by atoms with Crippen LogP contribution in [0.15, 0.2) is 0 Å². The number of carbonyl (C=O) groups is 1. The SMILES string of the molecule is CC(O)CCCNCCC(=O)N(C)C. The van der Waals surface area contributed by atoms with Crippen LogP contribution >= 0.6 is 0 Å². The number of aliphatic hydroxyl groups is 1. The lowest BCUT2D eigenvalue weighted by Gasteiger charge is -2.10. The van der Waals surface area contributed by atoms with Crippen molar-refractivity contribution in [1.29, 1.82) is 0 Å². The van der Waals surface area contributed by atoms with Gasteiger partial charge in [-0.2, -0.15) is 0 Å². The van der Waals surface area contributed by atoms with Gasteiger partial charge in [-0.3, -0.25) is 4.79 Å². The van der Waals surface area contributed by atoms with Crippen LogP contribution in [0.5, 0.6) is 0 Å². The van der Waals surface area contributed by atoms with E-state index in [1.807, 2.05) is 0 Å². The molecular weight excluding hydrogens is 180 g/mol. The van der Waals surface area contributed by atoms with Crippen molar-refractivity contribution in [2.24, 2.45) is 0 Å². The maximum atomic E-state index is 11.1. The summed E-state index contributed by atoms with van der Waals surface area (Å²) in [6.07, 6.45) is 2.09. The van der Waals surface area contributed by atoms with Crippen molar-refractivity contribution in [3.05, 3.63) is 0 Å². The van der Waals surface area contributed by atoms with Crippen LogP contribution in [-0.4, -0.2) is 49.2 Å². The molecule has 1 unspecified atom stereocenters. The molecule has 0 aromatic heterocycles. The Morgan fingerprint density at radius 2 is 2.07 bits per heavy atom. The third-order valence-electron chi connectivity index (χ3n) is 1.99. The van der Waals surface area contributed by atoms with Gasteiger partial charge >= 0.3 is 0 Å². The summed E-state index contributed by atoms with van der Waals surface area (Å²) in [6, 6.07) is 0. The Hall–Kier alpha value is -0.610. The number of amides is 1. The highest BCUT2D eigenvalue weighted by atomic mass is 16.3. The Bertz CT molecular complexity index is 158. The summed E-state index contributed by atoms with van der Waals surface area (Å²) in [5.41, 5.74) is 0. The lowest BCUT2D eigenvalue weighted by Crippen LogP contribution is -2.27. The number of nitrogens with one attached hydrogen (secondary N) is 1. The third-order valence-corrected chi connectivity index (χ3v) is 1.99. The van der Waals surface area contributed by atoms with Crippen molar-refractivity contribution in [3.63, 3.8) is 0 Å². The van der Waals surface area contributed by atoms with Crippen molar-refractivity contribution in [2.75, 3.05) is 27.2 Å². The number of rotatable bonds is 7. The molecule has 0 saturated carbocycles. The zero-order chi connectivity index (χ0) is 11.0. The summed E-state index contributed by atoms with van der Waals surface area (Å²) in [6.45, 7) is 3.37. The first-order valence-corrected chi connectivity index (χ1v) is 5.13. The highest BCUT2D eigenvalue weighted by Gasteiger charge is 2.02. The number of nitrogens with zero attached hydrogens (tertiary/aromatic N) is 1. The van der Waals surface area contributed by atoms with Gasteiger partial charge in [0, 0.05) is 27.1 Å². The predicted octanol–water partition coefficient (Wildman–Crippen LogP) is 0.215. The van der Waals surface area contributed by atoms with Crippen molar-refractivity contribution < 1.29 is 9.90 Å². The summed E-state index contributed by atoms with van der Waals surface area (Å²) in [4.78, 5) is 12.7. The van der Waals surface area contributed by atoms with Crippen molar-refractivity contribution in [2.45, 2.75) is 32.3 Å². The molecule has 0 aliphatic heterocycles. The lowest BCUT2D eigenvalue weighted by atomic mass is 10.2. The Balaban J connectivity index is 3.18. The van der Waals surface area contributed by atoms with Gasteiger partial charge in [-0.05, 0) is 26.3 Å². The van der Waals surface area contributed by atoms with Gasteiger partial charge in [-0.15, -0.1) is 0 Å². The Labute approximate surface area is 86.3 Å². The monoisotopic (exact) mass is 202 g/mol. The second-order valence-electron chi connectivity index (χ2n) is 3.78. The third kappa shape index (κ3) is 8.01. The Morgan fingerprint density at radius 3 is 2.57 bits per heavy atom. The van der Waals surface area contributed by atoms with Gasteiger partial charge in [-0.1, -0.05) is 0 Å². The largest absolute Gasteiger partial charge is 0.393 e. The molecule has 0 spiro atoms. The zero-order valence-corrected chi connectivity index (χ0v) is 9.42. The molecule has 0 aliphatic rings. The molecule has 0 saturated heterocycles. The molecule has 0 bridgehead atoms. The molecule has 84 valence electrons. The van der Waals surface area contributed by atoms with Gasteiger partial charge in [0.15, 0.2) is 0 Å². The van der Waals surface area contributed by atoms with E-state index in [0.29, 0.717) is 6.42 Å². The fourth-order valence-corrected chi connectivity index (χ4v) is 1.07.